The Morgan fingerprint density at radius 1 is 1.29 bits per heavy atom. The average molecular weight is 215 g/mol. The number of hydrogen-bond donors (Lipinski definition) is 1. The lowest BCUT2D eigenvalue weighted by molar-refractivity contribution is 0.407. The fourth-order valence-electron chi connectivity index (χ4n) is 1.43. The van der Waals surface area contributed by atoms with E-state index in [0.29, 0.717) is 11.3 Å². The Morgan fingerprint density at radius 2 is 1.86 bits per heavy atom. The molecule has 0 aliphatic heterocycles. The van der Waals surface area contributed by atoms with Gasteiger partial charge in [-0.25, -0.2) is 13.6 Å². The average Bonchev–Trinajstić information content (AvgIpc) is 2.02. The number of methoxy groups -OCH3 is 1. The summed E-state index contributed by atoms with van der Waals surface area (Å²) in [6.45, 7) is 3.52. The summed E-state index contributed by atoms with van der Waals surface area (Å²) in [6.07, 6.45) is 0. The monoisotopic (exact) mass is 215 g/mol. The Balaban J connectivity index is 3.52. The number of rotatable bonds is 2. The molecule has 0 aliphatic carbocycles. The Bertz CT molecular complexity index is 451. The predicted molar refractivity (Wildman–Crippen MR) is 53.8 cm³/mol. The zero-order valence-corrected chi connectivity index (χ0v) is 9.18. The van der Waals surface area contributed by atoms with E-state index >= 15 is 0 Å². The summed E-state index contributed by atoms with van der Waals surface area (Å²) in [6, 6.07) is 3.16. The summed E-state index contributed by atoms with van der Waals surface area (Å²) in [5.41, 5.74) is 1.44. The van der Waals surface area contributed by atoms with Gasteiger partial charge in [-0.2, -0.15) is 0 Å². The third-order valence-corrected chi connectivity index (χ3v) is 3.12. The molecule has 0 saturated carbocycles. The van der Waals surface area contributed by atoms with Crippen molar-refractivity contribution in [2.75, 3.05) is 7.11 Å². The van der Waals surface area contributed by atoms with Crippen LogP contribution in [0.4, 0.5) is 0 Å². The van der Waals surface area contributed by atoms with Crippen molar-refractivity contribution in [2.24, 2.45) is 5.14 Å². The number of aryl methyl sites for hydroxylation is 1. The van der Waals surface area contributed by atoms with Gasteiger partial charge in [0.25, 0.3) is 0 Å². The van der Waals surface area contributed by atoms with Crippen molar-refractivity contribution in [2.45, 2.75) is 18.7 Å². The summed E-state index contributed by atoms with van der Waals surface area (Å²) in [7, 11) is -2.16. The Kier molecular flexibility index (Phi) is 2.82. The number of ether oxygens (including phenoxy) is 1. The topological polar surface area (TPSA) is 69.4 Å². The van der Waals surface area contributed by atoms with Gasteiger partial charge in [-0.3, -0.25) is 0 Å². The van der Waals surface area contributed by atoms with Crippen LogP contribution in [0.1, 0.15) is 11.1 Å². The van der Waals surface area contributed by atoms with Gasteiger partial charge in [0.1, 0.15) is 5.75 Å². The van der Waals surface area contributed by atoms with Gasteiger partial charge in [-0.1, -0.05) is 6.07 Å². The molecular formula is C9H13NO3S. The zero-order valence-electron chi connectivity index (χ0n) is 8.37. The lowest BCUT2D eigenvalue weighted by Crippen LogP contribution is -2.14. The van der Waals surface area contributed by atoms with Crippen molar-refractivity contribution in [3.63, 3.8) is 0 Å². The number of sulfonamides is 1. The van der Waals surface area contributed by atoms with Crippen LogP contribution in [0.15, 0.2) is 17.0 Å². The second-order valence-electron chi connectivity index (χ2n) is 3.08. The van der Waals surface area contributed by atoms with Gasteiger partial charge < -0.3 is 4.74 Å². The molecule has 1 aromatic carbocycles. The van der Waals surface area contributed by atoms with E-state index in [1.54, 1.807) is 13.0 Å². The third kappa shape index (κ3) is 1.88. The van der Waals surface area contributed by atoms with Crippen LogP contribution in [-0.2, 0) is 10.0 Å². The summed E-state index contributed by atoms with van der Waals surface area (Å²) < 4.78 is 27.4. The first-order valence-corrected chi connectivity index (χ1v) is 5.59. The molecule has 0 spiro atoms. The standard InChI is InChI=1S/C9H13NO3S/c1-6-4-5-8(14(10,11)12)7(2)9(6)13-3/h4-5H,1-3H3,(H2,10,11,12). The fourth-order valence-corrected chi connectivity index (χ4v) is 2.21. The Morgan fingerprint density at radius 3 is 2.29 bits per heavy atom. The summed E-state index contributed by atoms with van der Waals surface area (Å²) in [5.74, 6) is 0.566. The number of primary sulfonamides is 1. The molecule has 0 aromatic heterocycles. The van der Waals surface area contributed by atoms with Crippen molar-refractivity contribution >= 4 is 10.0 Å². The lowest BCUT2D eigenvalue weighted by Gasteiger charge is -2.11. The molecule has 0 amide bonds. The zero-order chi connectivity index (χ0) is 10.9. The van der Waals surface area contributed by atoms with Crippen LogP contribution in [-0.4, -0.2) is 15.5 Å². The van der Waals surface area contributed by atoms with Crippen LogP contribution in [0.5, 0.6) is 5.75 Å². The molecule has 0 heterocycles. The van der Waals surface area contributed by atoms with Crippen LogP contribution >= 0.6 is 0 Å². The molecular weight excluding hydrogens is 202 g/mol. The van der Waals surface area contributed by atoms with Crippen molar-refractivity contribution in [3.05, 3.63) is 23.3 Å². The minimum atomic E-state index is -3.66. The van der Waals surface area contributed by atoms with Crippen LogP contribution < -0.4 is 9.88 Å². The molecule has 0 saturated heterocycles. The largest absolute Gasteiger partial charge is 0.496 e. The maximum atomic E-state index is 11.2. The van der Waals surface area contributed by atoms with E-state index in [0.717, 1.165) is 5.56 Å². The van der Waals surface area contributed by atoms with Crippen molar-refractivity contribution in [3.8, 4) is 5.75 Å². The van der Waals surface area contributed by atoms with E-state index in [1.165, 1.54) is 13.2 Å². The third-order valence-electron chi connectivity index (χ3n) is 2.06. The van der Waals surface area contributed by atoms with Crippen molar-refractivity contribution in [1.29, 1.82) is 0 Å². The van der Waals surface area contributed by atoms with Gasteiger partial charge in [0.05, 0.1) is 12.0 Å². The quantitative estimate of drug-likeness (QED) is 0.798. The molecule has 4 nitrogen and oxygen atoms in total. The molecule has 0 aliphatic rings. The normalized spacial score (nSPS) is 11.4. The molecule has 2 N–H and O–H groups in total. The van der Waals surface area contributed by atoms with Crippen LogP contribution in [0.2, 0.25) is 0 Å². The summed E-state index contributed by atoms with van der Waals surface area (Å²) >= 11 is 0. The van der Waals surface area contributed by atoms with E-state index in [1.807, 2.05) is 6.92 Å². The fraction of sp³-hybridized carbons (Fsp3) is 0.333. The Hall–Kier alpha value is -1.07. The van der Waals surface area contributed by atoms with E-state index in [2.05, 4.69) is 0 Å². The molecule has 1 rings (SSSR count). The predicted octanol–water partition coefficient (Wildman–Crippen LogP) is 0.959. The number of nitrogens with two attached hydrogens (primary N) is 1. The maximum absolute atomic E-state index is 11.2. The van der Waals surface area contributed by atoms with Crippen LogP contribution in [0.25, 0.3) is 0 Å². The first-order valence-electron chi connectivity index (χ1n) is 4.05. The minimum Gasteiger partial charge on any atom is -0.496 e. The SMILES string of the molecule is COc1c(C)ccc(S(N)(=O)=O)c1C. The molecule has 0 atom stereocenters. The highest BCUT2D eigenvalue weighted by molar-refractivity contribution is 7.89. The first kappa shape index (κ1) is 11.0. The molecule has 1 aromatic rings. The summed E-state index contributed by atoms with van der Waals surface area (Å²) in [4.78, 5) is 0.111. The van der Waals surface area contributed by atoms with Crippen LogP contribution in [0, 0.1) is 13.8 Å². The highest BCUT2D eigenvalue weighted by Crippen LogP contribution is 2.27. The number of hydrogen-bond acceptors (Lipinski definition) is 3. The van der Waals surface area contributed by atoms with Crippen molar-refractivity contribution < 1.29 is 13.2 Å². The minimum absolute atomic E-state index is 0.111. The molecule has 0 bridgehead atoms. The van der Waals surface area contributed by atoms with Gasteiger partial charge in [0, 0.05) is 5.56 Å². The van der Waals surface area contributed by atoms with Gasteiger partial charge >= 0.3 is 0 Å². The van der Waals surface area contributed by atoms with Gasteiger partial charge in [-0.15, -0.1) is 0 Å². The summed E-state index contributed by atoms with van der Waals surface area (Å²) in [5, 5.41) is 5.05. The number of benzene rings is 1. The molecule has 5 heteroatoms. The molecule has 0 fully saturated rings. The van der Waals surface area contributed by atoms with Crippen LogP contribution in [0.3, 0.4) is 0 Å². The molecule has 0 radical (unpaired) electrons. The van der Waals surface area contributed by atoms with Gasteiger partial charge in [0.2, 0.25) is 10.0 Å². The highest BCUT2D eigenvalue weighted by Gasteiger charge is 2.15. The second kappa shape index (κ2) is 3.59. The Labute approximate surface area is 83.7 Å². The lowest BCUT2D eigenvalue weighted by atomic mass is 10.1. The maximum Gasteiger partial charge on any atom is 0.238 e. The second-order valence-corrected chi connectivity index (χ2v) is 4.61. The van der Waals surface area contributed by atoms with E-state index in [4.69, 9.17) is 9.88 Å². The van der Waals surface area contributed by atoms with Gasteiger partial charge in [-0.05, 0) is 25.5 Å². The van der Waals surface area contributed by atoms with E-state index in [9.17, 15) is 8.42 Å². The first-order chi connectivity index (χ1) is 6.38. The van der Waals surface area contributed by atoms with Crippen molar-refractivity contribution in [1.82, 2.24) is 0 Å². The molecule has 14 heavy (non-hydrogen) atoms. The van der Waals surface area contributed by atoms with Gasteiger partial charge in [0.15, 0.2) is 0 Å². The molecule has 0 unspecified atom stereocenters. The molecule has 78 valence electrons. The van der Waals surface area contributed by atoms with E-state index < -0.39 is 10.0 Å². The highest BCUT2D eigenvalue weighted by atomic mass is 32.2. The smallest absolute Gasteiger partial charge is 0.238 e. The van der Waals surface area contributed by atoms with E-state index in [-0.39, 0.29) is 4.90 Å².